The average Bonchev–Trinajstić information content (AvgIpc) is 2.66. The van der Waals surface area contributed by atoms with Gasteiger partial charge in [-0.05, 0) is 54.7 Å². The monoisotopic (exact) mass is 460 g/mol. The molecule has 0 aliphatic carbocycles. The van der Waals surface area contributed by atoms with E-state index >= 15 is 0 Å². The first-order valence-corrected chi connectivity index (χ1v) is 10.8. The molecule has 0 radical (unpaired) electrons. The fourth-order valence-corrected chi connectivity index (χ4v) is 4.62. The Balaban J connectivity index is 0.00000196. The molecule has 156 valence electrons. The van der Waals surface area contributed by atoms with Crippen LogP contribution in [0.25, 0.3) is 0 Å². The molecule has 1 saturated heterocycles. The van der Waals surface area contributed by atoms with Gasteiger partial charge in [-0.15, -0.1) is 24.8 Å². The summed E-state index contributed by atoms with van der Waals surface area (Å²) in [4.78, 5) is 5.27. The van der Waals surface area contributed by atoms with Crippen LogP contribution in [0.5, 0.6) is 0 Å². The number of benzene rings is 2. The van der Waals surface area contributed by atoms with Crippen molar-refractivity contribution in [2.45, 2.75) is 42.5 Å². The van der Waals surface area contributed by atoms with Crippen molar-refractivity contribution in [3.63, 3.8) is 0 Å². The van der Waals surface area contributed by atoms with Crippen molar-refractivity contribution in [1.29, 1.82) is 0 Å². The summed E-state index contributed by atoms with van der Waals surface area (Å²) < 4.78 is 0. The van der Waals surface area contributed by atoms with E-state index in [1.165, 1.54) is 28.2 Å². The maximum atomic E-state index is 6.05. The fourth-order valence-electron chi connectivity index (χ4n) is 3.50. The smallest absolute Gasteiger partial charge is 0.0406 e. The quantitative estimate of drug-likeness (QED) is 0.493. The second-order valence-electron chi connectivity index (χ2n) is 7.37. The van der Waals surface area contributed by atoms with E-state index in [1.807, 2.05) is 23.9 Å². The van der Waals surface area contributed by atoms with Crippen LogP contribution in [0.3, 0.4) is 0 Å². The predicted molar refractivity (Wildman–Crippen MR) is 128 cm³/mol. The van der Waals surface area contributed by atoms with E-state index < -0.39 is 0 Å². The molecule has 1 fully saturated rings. The van der Waals surface area contributed by atoms with Crippen molar-refractivity contribution in [3.8, 4) is 0 Å². The zero-order valence-corrected chi connectivity index (χ0v) is 19.8. The Kier molecular flexibility index (Phi) is 11.9. The Labute approximate surface area is 191 Å². The molecule has 1 atom stereocenters. The van der Waals surface area contributed by atoms with Gasteiger partial charge in [0.15, 0.2) is 0 Å². The Hall–Kier alpha value is -0.420. The van der Waals surface area contributed by atoms with Crippen molar-refractivity contribution < 1.29 is 0 Å². The van der Waals surface area contributed by atoms with E-state index in [0.717, 1.165) is 37.1 Å². The van der Waals surface area contributed by atoms with Crippen molar-refractivity contribution in [2.75, 3.05) is 26.2 Å². The van der Waals surface area contributed by atoms with Crippen LogP contribution in [0.2, 0.25) is 5.02 Å². The third kappa shape index (κ3) is 7.44. The van der Waals surface area contributed by atoms with Gasteiger partial charge in [0.25, 0.3) is 0 Å². The largest absolute Gasteiger partial charge is 0.314 e. The van der Waals surface area contributed by atoms with Crippen LogP contribution in [-0.4, -0.2) is 31.1 Å². The van der Waals surface area contributed by atoms with Gasteiger partial charge >= 0.3 is 0 Å². The van der Waals surface area contributed by atoms with Crippen LogP contribution in [0, 0.1) is 5.92 Å². The minimum Gasteiger partial charge on any atom is -0.314 e. The number of nitrogens with zero attached hydrogens (tertiary/aromatic N) is 1. The molecule has 1 aliphatic heterocycles. The van der Waals surface area contributed by atoms with E-state index in [9.17, 15) is 0 Å². The number of hydrogen-bond donors (Lipinski definition) is 1. The molecule has 2 aromatic rings. The Morgan fingerprint density at radius 1 is 0.964 bits per heavy atom. The molecule has 2 aromatic carbocycles. The van der Waals surface area contributed by atoms with Gasteiger partial charge in [-0.25, -0.2) is 0 Å². The van der Waals surface area contributed by atoms with Crippen LogP contribution in [0.4, 0.5) is 0 Å². The van der Waals surface area contributed by atoms with Gasteiger partial charge in [0, 0.05) is 47.0 Å². The summed E-state index contributed by atoms with van der Waals surface area (Å²) in [5.74, 6) is 0.733. The summed E-state index contributed by atoms with van der Waals surface area (Å²) in [6.07, 6.45) is 2.48. The SMILES string of the molecule is CC(C)CC[C@@H](c1ccccc1Sc1ccc(Cl)cc1)N1CCNCC1.Cl.Cl. The lowest BCUT2D eigenvalue weighted by molar-refractivity contribution is 0.158. The topological polar surface area (TPSA) is 15.3 Å². The average molecular weight is 462 g/mol. The zero-order chi connectivity index (χ0) is 18.4. The molecule has 0 bridgehead atoms. The molecule has 1 N–H and O–H groups in total. The highest BCUT2D eigenvalue weighted by Gasteiger charge is 2.24. The summed E-state index contributed by atoms with van der Waals surface area (Å²) in [5, 5.41) is 4.28. The van der Waals surface area contributed by atoms with Crippen molar-refractivity contribution >= 4 is 48.2 Å². The van der Waals surface area contributed by atoms with Gasteiger partial charge in [-0.3, -0.25) is 4.90 Å². The summed E-state index contributed by atoms with van der Waals surface area (Å²) in [6.45, 7) is 9.08. The summed E-state index contributed by atoms with van der Waals surface area (Å²) in [6, 6.07) is 17.6. The molecule has 28 heavy (non-hydrogen) atoms. The van der Waals surface area contributed by atoms with Gasteiger partial charge in [0.2, 0.25) is 0 Å². The van der Waals surface area contributed by atoms with Crippen LogP contribution in [0.1, 0.15) is 38.3 Å². The molecule has 1 heterocycles. The first-order valence-electron chi connectivity index (χ1n) is 9.60. The highest BCUT2D eigenvalue weighted by Crippen LogP contribution is 2.38. The Morgan fingerprint density at radius 2 is 1.61 bits per heavy atom. The second kappa shape index (κ2) is 13.0. The standard InChI is InChI=1S/C22H29ClN2S.2ClH/c1-17(2)7-12-21(25-15-13-24-14-16-25)20-5-3-4-6-22(20)26-19-10-8-18(23)9-11-19;;/h3-6,8-11,17,21,24H,7,12-16H2,1-2H3;2*1H/t21-;;/m0../s1. The molecule has 1 aliphatic rings. The molecular formula is C22H31Cl3N2S. The zero-order valence-electron chi connectivity index (χ0n) is 16.6. The predicted octanol–water partition coefficient (Wildman–Crippen LogP) is 6.72. The number of piperazine rings is 1. The van der Waals surface area contributed by atoms with E-state index in [2.05, 4.69) is 60.5 Å². The molecule has 2 nitrogen and oxygen atoms in total. The Morgan fingerprint density at radius 3 is 2.25 bits per heavy atom. The highest BCUT2D eigenvalue weighted by molar-refractivity contribution is 7.99. The normalized spacial score (nSPS) is 15.6. The summed E-state index contributed by atoms with van der Waals surface area (Å²) >= 11 is 7.90. The van der Waals surface area contributed by atoms with Crippen LogP contribution in [-0.2, 0) is 0 Å². The molecule has 0 spiro atoms. The molecule has 0 aromatic heterocycles. The second-order valence-corrected chi connectivity index (χ2v) is 8.92. The number of hydrogen-bond acceptors (Lipinski definition) is 3. The summed E-state index contributed by atoms with van der Waals surface area (Å²) in [7, 11) is 0. The Bertz CT molecular complexity index is 688. The molecule has 6 heteroatoms. The van der Waals surface area contributed by atoms with Gasteiger partial charge in [0.05, 0.1) is 0 Å². The van der Waals surface area contributed by atoms with E-state index in [-0.39, 0.29) is 24.8 Å². The van der Waals surface area contributed by atoms with E-state index in [4.69, 9.17) is 11.6 Å². The lowest BCUT2D eigenvalue weighted by Gasteiger charge is -2.36. The number of halogens is 3. The van der Waals surface area contributed by atoms with Gasteiger partial charge in [-0.1, -0.05) is 55.4 Å². The lowest BCUT2D eigenvalue weighted by Crippen LogP contribution is -2.45. The van der Waals surface area contributed by atoms with Crippen LogP contribution in [0.15, 0.2) is 58.3 Å². The first-order chi connectivity index (χ1) is 12.6. The number of rotatable bonds is 7. The van der Waals surface area contributed by atoms with Crippen molar-refractivity contribution in [2.24, 2.45) is 5.92 Å². The molecular weight excluding hydrogens is 431 g/mol. The molecule has 0 amide bonds. The van der Waals surface area contributed by atoms with Crippen molar-refractivity contribution in [3.05, 3.63) is 59.1 Å². The van der Waals surface area contributed by atoms with Crippen LogP contribution >= 0.6 is 48.2 Å². The minimum atomic E-state index is 0. The van der Waals surface area contributed by atoms with E-state index in [0.29, 0.717) is 6.04 Å². The maximum Gasteiger partial charge on any atom is 0.0406 e. The molecule has 0 unspecified atom stereocenters. The minimum absolute atomic E-state index is 0. The first kappa shape index (κ1) is 25.6. The third-order valence-corrected chi connectivity index (χ3v) is 6.28. The van der Waals surface area contributed by atoms with Crippen molar-refractivity contribution in [1.82, 2.24) is 10.2 Å². The fraction of sp³-hybridized carbons (Fsp3) is 0.455. The van der Waals surface area contributed by atoms with E-state index in [1.54, 1.807) is 0 Å². The molecule has 3 rings (SSSR count). The van der Waals surface area contributed by atoms with Gasteiger partial charge in [0.1, 0.15) is 0 Å². The number of nitrogens with one attached hydrogen (secondary N) is 1. The summed E-state index contributed by atoms with van der Waals surface area (Å²) in [5.41, 5.74) is 1.47. The highest BCUT2D eigenvalue weighted by atomic mass is 35.5. The van der Waals surface area contributed by atoms with Crippen LogP contribution < -0.4 is 5.32 Å². The van der Waals surface area contributed by atoms with Gasteiger partial charge < -0.3 is 5.32 Å². The third-order valence-electron chi connectivity index (χ3n) is 4.93. The lowest BCUT2D eigenvalue weighted by atomic mass is 9.95. The molecule has 0 saturated carbocycles. The maximum absolute atomic E-state index is 6.05. The van der Waals surface area contributed by atoms with Gasteiger partial charge in [-0.2, -0.15) is 0 Å².